The Balaban J connectivity index is 1.71. The molecule has 0 amide bonds. The Hall–Kier alpha value is -1.02. The summed E-state index contributed by atoms with van der Waals surface area (Å²) < 4.78 is 6.28. The van der Waals surface area contributed by atoms with E-state index in [0.29, 0.717) is 5.41 Å². The molecule has 0 heterocycles. The molecule has 1 aromatic rings. The molecule has 4 saturated carbocycles. The van der Waals surface area contributed by atoms with Crippen molar-refractivity contribution in [1.29, 1.82) is 0 Å². The zero-order chi connectivity index (χ0) is 16.7. The molecule has 1 N–H and O–H groups in total. The maximum atomic E-state index is 6.28. The van der Waals surface area contributed by atoms with Crippen molar-refractivity contribution in [3.05, 3.63) is 29.3 Å². The van der Waals surface area contributed by atoms with Gasteiger partial charge in [-0.05, 0) is 107 Å². The second-order valence-corrected chi connectivity index (χ2v) is 9.05. The van der Waals surface area contributed by atoms with Crippen LogP contribution in [0.1, 0.15) is 63.5 Å². The molecule has 0 aliphatic heterocycles. The molecule has 2 heteroatoms. The topological polar surface area (TPSA) is 21.3 Å². The van der Waals surface area contributed by atoms with Crippen LogP contribution in [-0.4, -0.2) is 19.7 Å². The molecule has 0 unspecified atom stereocenters. The predicted octanol–water partition coefficient (Wildman–Crippen LogP) is 4.70. The van der Waals surface area contributed by atoms with Gasteiger partial charge in [-0.15, -0.1) is 0 Å². The first-order valence-corrected chi connectivity index (χ1v) is 10.0. The standard InChI is InChI=1S/C22H33NO/c1-15(2)24-21-5-4-16(6-7-23-3)11-20(21)22-12-17-8-18(13-22)10-19(9-17)14-22/h4-5,11,15,17-19,23H,6-10,12-14H2,1-3H3. The van der Waals surface area contributed by atoms with Gasteiger partial charge in [0.2, 0.25) is 0 Å². The van der Waals surface area contributed by atoms with Crippen molar-refractivity contribution in [2.45, 2.75) is 70.3 Å². The highest BCUT2D eigenvalue weighted by Crippen LogP contribution is 2.62. The van der Waals surface area contributed by atoms with Crippen LogP contribution in [0.4, 0.5) is 0 Å². The fourth-order valence-electron chi connectivity index (χ4n) is 6.21. The van der Waals surface area contributed by atoms with Crippen molar-refractivity contribution >= 4 is 0 Å². The number of nitrogens with one attached hydrogen (secondary N) is 1. The number of benzene rings is 1. The molecule has 0 spiro atoms. The van der Waals surface area contributed by atoms with E-state index in [-0.39, 0.29) is 6.10 Å². The van der Waals surface area contributed by atoms with Gasteiger partial charge in [-0.2, -0.15) is 0 Å². The van der Waals surface area contributed by atoms with E-state index in [2.05, 4.69) is 37.4 Å². The molecule has 4 aliphatic carbocycles. The Kier molecular flexibility index (Phi) is 4.36. The summed E-state index contributed by atoms with van der Waals surface area (Å²) in [5.74, 6) is 4.09. The van der Waals surface area contributed by atoms with Crippen LogP contribution in [0.3, 0.4) is 0 Å². The summed E-state index contributed by atoms with van der Waals surface area (Å²) in [5, 5.41) is 3.29. The second kappa shape index (κ2) is 6.37. The van der Waals surface area contributed by atoms with E-state index in [1.807, 2.05) is 7.05 Å². The number of likely N-dealkylation sites (N-methyl/N-ethyl adjacent to an activating group) is 1. The number of ether oxygens (including phenoxy) is 1. The van der Waals surface area contributed by atoms with Crippen molar-refractivity contribution in [2.75, 3.05) is 13.6 Å². The summed E-state index contributed by atoms with van der Waals surface area (Å²) in [5.41, 5.74) is 3.42. The van der Waals surface area contributed by atoms with Crippen molar-refractivity contribution in [1.82, 2.24) is 5.32 Å². The molecule has 0 aromatic heterocycles. The van der Waals surface area contributed by atoms with E-state index >= 15 is 0 Å². The summed E-state index contributed by atoms with van der Waals surface area (Å²) in [6.07, 6.45) is 10.1. The van der Waals surface area contributed by atoms with Crippen molar-refractivity contribution in [2.24, 2.45) is 17.8 Å². The van der Waals surface area contributed by atoms with Gasteiger partial charge in [0.05, 0.1) is 6.10 Å². The van der Waals surface area contributed by atoms with Crippen LogP contribution in [0.15, 0.2) is 18.2 Å². The zero-order valence-corrected chi connectivity index (χ0v) is 15.6. The van der Waals surface area contributed by atoms with Gasteiger partial charge in [0, 0.05) is 5.56 Å². The lowest BCUT2D eigenvalue weighted by Gasteiger charge is -2.57. The van der Waals surface area contributed by atoms with E-state index in [1.54, 1.807) is 5.56 Å². The third kappa shape index (κ3) is 2.98. The first kappa shape index (κ1) is 16.4. The predicted molar refractivity (Wildman–Crippen MR) is 99.7 cm³/mol. The van der Waals surface area contributed by atoms with E-state index < -0.39 is 0 Å². The van der Waals surface area contributed by atoms with Crippen molar-refractivity contribution in [3.63, 3.8) is 0 Å². The maximum absolute atomic E-state index is 6.28. The molecule has 0 radical (unpaired) electrons. The Bertz CT molecular complexity index is 556. The fraction of sp³-hybridized carbons (Fsp3) is 0.727. The molecule has 2 nitrogen and oxygen atoms in total. The molecule has 0 saturated heterocycles. The molecule has 0 atom stereocenters. The molecule has 4 bridgehead atoms. The Morgan fingerprint density at radius 1 is 1.08 bits per heavy atom. The van der Waals surface area contributed by atoms with Crippen LogP contribution in [0, 0.1) is 17.8 Å². The van der Waals surface area contributed by atoms with Crippen LogP contribution < -0.4 is 10.1 Å². The lowest BCUT2D eigenvalue weighted by atomic mass is 9.48. The maximum Gasteiger partial charge on any atom is 0.123 e. The van der Waals surface area contributed by atoms with E-state index in [4.69, 9.17) is 4.74 Å². The molecule has 132 valence electrons. The van der Waals surface area contributed by atoms with Gasteiger partial charge >= 0.3 is 0 Å². The van der Waals surface area contributed by atoms with Crippen LogP contribution in [0.2, 0.25) is 0 Å². The van der Waals surface area contributed by atoms with Crippen LogP contribution in [-0.2, 0) is 11.8 Å². The second-order valence-electron chi connectivity index (χ2n) is 9.05. The number of hydrogen-bond donors (Lipinski definition) is 1. The first-order valence-electron chi connectivity index (χ1n) is 10.0. The van der Waals surface area contributed by atoms with Gasteiger partial charge in [0.25, 0.3) is 0 Å². The first-order chi connectivity index (χ1) is 11.6. The molecule has 24 heavy (non-hydrogen) atoms. The highest BCUT2D eigenvalue weighted by molar-refractivity contribution is 5.44. The van der Waals surface area contributed by atoms with E-state index in [0.717, 1.165) is 30.7 Å². The lowest BCUT2D eigenvalue weighted by molar-refractivity contribution is -0.00674. The third-order valence-electron chi connectivity index (χ3n) is 6.68. The Labute approximate surface area is 147 Å². The van der Waals surface area contributed by atoms with Gasteiger partial charge in [-0.1, -0.05) is 12.1 Å². The van der Waals surface area contributed by atoms with E-state index in [9.17, 15) is 0 Å². The minimum atomic E-state index is 0.251. The van der Waals surface area contributed by atoms with Gasteiger partial charge in [0.15, 0.2) is 0 Å². The summed E-state index contributed by atoms with van der Waals surface area (Å²) in [6.45, 7) is 5.35. The zero-order valence-electron chi connectivity index (χ0n) is 15.6. The highest BCUT2D eigenvalue weighted by atomic mass is 16.5. The monoisotopic (exact) mass is 327 g/mol. The normalized spacial score (nSPS) is 34.1. The van der Waals surface area contributed by atoms with Gasteiger partial charge in [-0.3, -0.25) is 0 Å². The third-order valence-corrected chi connectivity index (χ3v) is 6.68. The Morgan fingerprint density at radius 2 is 1.71 bits per heavy atom. The van der Waals surface area contributed by atoms with Crippen LogP contribution in [0.25, 0.3) is 0 Å². The largest absolute Gasteiger partial charge is 0.491 e. The van der Waals surface area contributed by atoms with Gasteiger partial charge < -0.3 is 10.1 Å². The van der Waals surface area contributed by atoms with Crippen LogP contribution >= 0.6 is 0 Å². The summed E-state index contributed by atoms with van der Waals surface area (Å²) in [6, 6.07) is 7.04. The quantitative estimate of drug-likeness (QED) is 0.817. The molecule has 1 aromatic carbocycles. The Morgan fingerprint density at radius 3 is 2.25 bits per heavy atom. The van der Waals surface area contributed by atoms with Crippen LogP contribution in [0.5, 0.6) is 5.75 Å². The lowest BCUT2D eigenvalue weighted by Crippen LogP contribution is -2.48. The van der Waals surface area contributed by atoms with Gasteiger partial charge in [0.1, 0.15) is 5.75 Å². The number of hydrogen-bond acceptors (Lipinski definition) is 2. The number of rotatable bonds is 6. The highest BCUT2D eigenvalue weighted by Gasteiger charge is 2.52. The summed E-state index contributed by atoms with van der Waals surface area (Å²) >= 11 is 0. The van der Waals surface area contributed by atoms with Gasteiger partial charge in [-0.25, -0.2) is 0 Å². The van der Waals surface area contributed by atoms with E-state index in [1.165, 1.54) is 49.8 Å². The molecular weight excluding hydrogens is 294 g/mol. The smallest absolute Gasteiger partial charge is 0.123 e. The fourth-order valence-corrected chi connectivity index (χ4v) is 6.21. The molecule has 5 rings (SSSR count). The van der Waals surface area contributed by atoms with Crippen molar-refractivity contribution in [3.8, 4) is 5.75 Å². The summed E-state index contributed by atoms with van der Waals surface area (Å²) in [4.78, 5) is 0. The average molecular weight is 328 g/mol. The molecule has 4 aliphatic rings. The molecular formula is C22H33NO. The molecule has 4 fully saturated rings. The SMILES string of the molecule is CNCCc1ccc(OC(C)C)c(C23CC4CC(CC(C4)C2)C3)c1. The minimum absolute atomic E-state index is 0.251. The minimum Gasteiger partial charge on any atom is -0.491 e. The summed E-state index contributed by atoms with van der Waals surface area (Å²) in [7, 11) is 2.04. The van der Waals surface area contributed by atoms with Crippen molar-refractivity contribution < 1.29 is 4.74 Å². The average Bonchev–Trinajstić information content (AvgIpc) is 2.52.